The number of hydrogen-bond donors (Lipinski definition) is 1. The molecule has 29 heavy (non-hydrogen) atoms. The van der Waals surface area contributed by atoms with Crippen molar-refractivity contribution in [1.82, 2.24) is 9.97 Å². The molecule has 2 aromatic carbocycles. The van der Waals surface area contributed by atoms with Gasteiger partial charge in [0.1, 0.15) is 0 Å². The zero-order chi connectivity index (χ0) is 20.2. The fourth-order valence-corrected chi connectivity index (χ4v) is 2.92. The molecule has 2 aromatic heterocycles. The summed E-state index contributed by atoms with van der Waals surface area (Å²) in [5, 5.41) is 16.5. The number of hydrogen-bond acceptors (Lipinski definition) is 6. The lowest BCUT2D eigenvalue weighted by Crippen LogP contribution is -1.98. The van der Waals surface area contributed by atoms with Gasteiger partial charge in [0, 0.05) is 34.3 Å². The van der Waals surface area contributed by atoms with Crippen LogP contribution in [0.15, 0.2) is 78.0 Å². The van der Waals surface area contributed by atoms with Crippen LogP contribution in [0.2, 0.25) is 5.02 Å². The average molecular weight is 404 g/mol. The molecule has 0 aliphatic rings. The number of nitrogens with one attached hydrogen (secondary N) is 1. The summed E-state index contributed by atoms with van der Waals surface area (Å²) in [6, 6.07) is 19.3. The Kier molecular flexibility index (Phi) is 5.13. The lowest BCUT2D eigenvalue weighted by molar-refractivity contribution is -0.384. The van der Waals surface area contributed by atoms with E-state index in [1.54, 1.807) is 24.5 Å². The van der Waals surface area contributed by atoms with Crippen molar-refractivity contribution in [2.75, 3.05) is 5.43 Å². The Labute approximate surface area is 170 Å². The van der Waals surface area contributed by atoms with Crippen LogP contribution in [0.1, 0.15) is 5.56 Å². The van der Waals surface area contributed by atoms with E-state index in [0.29, 0.717) is 16.5 Å². The van der Waals surface area contributed by atoms with Gasteiger partial charge in [-0.25, -0.2) is 9.97 Å². The molecular formula is C21H14ClN5O2. The topological polar surface area (TPSA) is 93.3 Å². The second-order valence-corrected chi connectivity index (χ2v) is 6.60. The maximum atomic E-state index is 10.7. The Bertz CT molecular complexity index is 1210. The van der Waals surface area contributed by atoms with Gasteiger partial charge >= 0.3 is 0 Å². The van der Waals surface area contributed by atoms with Crippen molar-refractivity contribution >= 4 is 40.4 Å². The van der Waals surface area contributed by atoms with Crippen LogP contribution in [-0.2, 0) is 0 Å². The predicted octanol–water partition coefficient (Wildman–Crippen LogP) is 5.30. The molecule has 0 aliphatic heterocycles. The number of rotatable bonds is 5. The number of halogens is 1. The van der Waals surface area contributed by atoms with E-state index in [4.69, 9.17) is 11.6 Å². The largest absolute Gasteiger partial charge is 0.269 e. The highest BCUT2D eigenvalue weighted by Crippen LogP contribution is 2.30. The maximum absolute atomic E-state index is 10.7. The number of fused-ring (bicyclic) bond motifs is 1. The minimum atomic E-state index is -0.441. The molecule has 0 saturated heterocycles. The van der Waals surface area contributed by atoms with E-state index in [9.17, 15) is 10.1 Å². The molecule has 0 spiro atoms. The summed E-state index contributed by atoms with van der Waals surface area (Å²) < 4.78 is 0. The van der Waals surface area contributed by atoms with Crippen molar-refractivity contribution in [3.05, 3.63) is 93.6 Å². The van der Waals surface area contributed by atoms with Crippen LogP contribution in [0.25, 0.3) is 22.2 Å². The fourth-order valence-electron chi connectivity index (χ4n) is 2.79. The normalized spacial score (nSPS) is 11.1. The average Bonchev–Trinajstić information content (AvgIpc) is 2.74. The SMILES string of the molecule is O=[N+]([O-])c1ccc(/C=N/Nc2nc3ncccc3cc2-c2ccc(Cl)cc2)cc1. The van der Waals surface area contributed by atoms with Gasteiger partial charge in [0.15, 0.2) is 11.5 Å². The molecule has 8 heteroatoms. The molecule has 0 amide bonds. The van der Waals surface area contributed by atoms with Crippen molar-refractivity contribution in [3.63, 3.8) is 0 Å². The van der Waals surface area contributed by atoms with Crippen molar-refractivity contribution in [2.24, 2.45) is 5.10 Å². The zero-order valence-electron chi connectivity index (χ0n) is 15.0. The van der Waals surface area contributed by atoms with Crippen LogP contribution in [0.3, 0.4) is 0 Å². The molecular weight excluding hydrogens is 390 g/mol. The van der Waals surface area contributed by atoms with Crippen molar-refractivity contribution in [1.29, 1.82) is 0 Å². The first-order valence-electron chi connectivity index (χ1n) is 8.65. The number of nitro groups is 1. The Morgan fingerprint density at radius 2 is 1.83 bits per heavy atom. The van der Waals surface area contributed by atoms with Crippen molar-refractivity contribution in [3.8, 4) is 11.1 Å². The standard InChI is InChI=1S/C21H14ClN5O2/c22-17-7-5-15(6-8-17)19-12-16-2-1-11-23-20(16)25-21(19)26-24-13-14-3-9-18(10-4-14)27(28)29/h1-13H,(H,23,25,26)/b24-13+. The molecule has 0 bridgehead atoms. The third kappa shape index (κ3) is 4.20. The minimum Gasteiger partial charge on any atom is -0.261 e. The van der Waals surface area contributed by atoms with Gasteiger partial charge in [-0.05, 0) is 53.6 Å². The Balaban J connectivity index is 1.67. The van der Waals surface area contributed by atoms with Gasteiger partial charge in [0.25, 0.3) is 5.69 Å². The first-order valence-corrected chi connectivity index (χ1v) is 9.03. The third-order valence-corrected chi connectivity index (χ3v) is 4.48. The third-order valence-electron chi connectivity index (χ3n) is 4.23. The monoisotopic (exact) mass is 403 g/mol. The molecule has 4 rings (SSSR count). The van der Waals surface area contributed by atoms with Crippen LogP contribution in [0.5, 0.6) is 0 Å². The fraction of sp³-hybridized carbons (Fsp3) is 0. The molecule has 0 aliphatic carbocycles. The van der Waals surface area contributed by atoms with E-state index in [2.05, 4.69) is 20.5 Å². The van der Waals surface area contributed by atoms with E-state index >= 15 is 0 Å². The van der Waals surface area contributed by atoms with Crippen molar-refractivity contribution < 1.29 is 4.92 Å². The zero-order valence-corrected chi connectivity index (χ0v) is 15.7. The van der Waals surface area contributed by atoms with Gasteiger partial charge < -0.3 is 0 Å². The smallest absolute Gasteiger partial charge is 0.261 e. The van der Waals surface area contributed by atoms with Gasteiger partial charge in [-0.2, -0.15) is 5.10 Å². The lowest BCUT2D eigenvalue weighted by atomic mass is 10.1. The molecule has 4 aromatic rings. The predicted molar refractivity (Wildman–Crippen MR) is 114 cm³/mol. The van der Waals surface area contributed by atoms with Gasteiger partial charge in [-0.3, -0.25) is 15.5 Å². The number of anilines is 1. The number of non-ortho nitro benzene ring substituents is 1. The number of aromatic nitrogens is 2. The van der Waals surface area contributed by atoms with E-state index in [-0.39, 0.29) is 5.69 Å². The Morgan fingerprint density at radius 1 is 1.07 bits per heavy atom. The Hall–Kier alpha value is -3.84. The summed E-state index contributed by atoms with van der Waals surface area (Å²) in [7, 11) is 0. The maximum Gasteiger partial charge on any atom is 0.269 e. The molecule has 142 valence electrons. The highest BCUT2D eigenvalue weighted by atomic mass is 35.5. The van der Waals surface area contributed by atoms with Crippen molar-refractivity contribution in [2.45, 2.75) is 0 Å². The van der Waals surface area contributed by atoms with Gasteiger partial charge in [-0.1, -0.05) is 23.7 Å². The number of hydrazone groups is 1. The molecule has 2 heterocycles. The number of pyridine rings is 2. The molecule has 0 radical (unpaired) electrons. The van der Waals surface area contributed by atoms with Crippen LogP contribution < -0.4 is 5.43 Å². The molecule has 1 N–H and O–H groups in total. The quantitative estimate of drug-likeness (QED) is 0.277. The number of nitrogens with zero attached hydrogens (tertiary/aromatic N) is 4. The summed E-state index contributed by atoms with van der Waals surface area (Å²) in [6.07, 6.45) is 3.25. The van der Waals surface area contributed by atoms with Gasteiger partial charge in [0.05, 0.1) is 11.1 Å². The molecule has 0 atom stereocenters. The second-order valence-electron chi connectivity index (χ2n) is 6.16. The van der Waals surface area contributed by atoms with E-state index in [1.165, 1.54) is 12.1 Å². The van der Waals surface area contributed by atoms with Crippen LogP contribution in [-0.4, -0.2) is 21.1 Å². The van der Waals surface area contributed by atoms with Crippen LogP contribution in [0.4, 0.5) is 11.5 Å². The summed E-state index contributed by atoms with van der Waals surface area (Å²) >= 11 is 6.01. The van der Waals surface area contributed by atoms with E-state index < -0.39 is 4.92 Å². The summed E-state index contributed by atoms with van der Waals surface area (Å²) in [4.78, 5) is 19.2. The van der Waals surface area contributed by atoms with Gasteiger partial charge in [-0.15, -0.1) is 0 Å². The van der Waals surface area contributed by atoms with Crippen LogP contribution in [0, 0.1) is 10.1 Å². The Morgan fingerprint density at radius 3 is 2.55 bits per heavy atom. The lowest BCUT2D eigenvalue weighted by Gasteiger charge is -2.10. The number of benzene rings is 2. The minimum absolute atomic E-state index is 0.0300. The van der Waals surface area contributed by atoms with Gasteiger partial charge in [0.2, 0.25) is 0 Å². The molecule has 0 unspecified atom stereocenters. The summed E-state index contributed by atoms with van der Waals surface area (Å²) in [6.45, 7) is 0. The highest BCUT2D eigenvalue weighted by Gasteiger charge is 2.10. The molecule has 0 saturated carbocycles. The number of nitro benzene ring substituents is 1. The summed E-state index contributed by atoms with van der Waals surface area (Å²) in [5.74, 6) is 0.539. The van der Waals surface area contributed by atoms with E-state index in [1.807, 2.05) is 42.5 Å². The molecule has 0 fully saturated rings. The molecule has 7 nitrogen and oxygen atoms in total. The first kappa shape index (κ1) is 18.5. The highest BCUT2D eigenvalue weighted by molar-refractivity contribution is 6.30. The summed E-state index contributed by atoms with van der Waals surface area (Å²) in [5.41, 5.74) is 6.08. The van der Waals surface area contributed by atoms with Crippen LogP contribution >= 0.6 is 11.6 Å². The first-order chi connectivity index (χ1) is 14.1. The second kappa shape index (κ2) is 8.04. The van der Waals surface area contributed by atoms with E-state index in [0.717, 1.165) is 22.1 Å².